The van der Waals surface area contributed by atoms with Gasteiger partial charge < -0.3 is 0 Å². The van der Waals surface area contributed by atoms with Crippen molar-refractivity contribution >= 4 is 15.8 Å². The molecule has 9 heteroatoms. The highest BCUT2D eigenvalue weighted by Gasteiger charge is 2.23. The topological polar surface area (TPSA) is 93.4 Å². The molecule has 3 aromatic heterocycles. The predicted molar refractivity (Wildman–Crippen MR) is 101 cm³/mol. The van der Waals surface area contributed by atoms with Crippen molar-refractivity contribution in [1.29, 1.82) is 0 Å². The van der Waals surface area contributed by atoms with Crippen LogP contribution in [-0.2, 0) is 16.4 Å². The first kappa shape index (κ1) is 18.0. The molecule has 1 aliphatic heterocycles. The lowest BCUT2D eigenvalue weighted by Gasteiger charge is -2.17. The van der Waals surface area contributed by atoms with Crippen LogP contribution >= 0.6 is 0 Å². The van der Waals surface area contributed by atoms with Crippen LogP contribution in [0.4, 0.5) is 0 Å². The first-order valence-corrected chi connectivity index (χ1v) is 10.9. The van der Waals surface area contributed by atoms with Gasteiger partial charge in [-0.3, -0.25) is 4.40 Å². The van der Waals surface area contributed by atoms with E-state index in [-0.39, 0.29) is 0 Å². The number of fused-ring (bicyclic) bond motifs is 1. The van der Waals surface area contributed by atoms with E-state index >= 15 is 0 Å². The van der Waals surface area contributed by atoms with Crippen molar-refractivity contribution in [3.8, 4) is 11.4 Å². The Labute approximate surface area is 158 Å². The van der Waals surface area contributed by atoms with Crippen LogP contribution in [0, 0.1) is 5.92 Å². The Morgan fingerprint density at radius 1 is 1.15 bits per heavy atom. The fraction of sp³-hybridized carbons (Fsp3) is 0.444. The number of aromatic nitrogens is 5. The third kappa shape index (κ3) is 3.98. The Hall–Kier alpha value is -2.39. The van der Waals surface area contributed by atoms with Crippen molar-refractivity contribution in [2.45, 2.75) is 25.7 Å². The van der Waals surface area contributed by atoms with Gasteiger partial charge in [-0.05, 0) is 43.7 Å². The monoisotopic (exact) mass is 386 g/mol. The summed E-state index contributed by atoms with van der Waals surface area (Å²) in [6, 6.07) is 3.86. The van der Waals surface area contributed by atoms with Gasteiger partial charge in [0, 0.05) is 31.2 Å². The van der Waals surface area contributed by atoms with E-state index in [0.717, 1.165) is 42.8 Å². The normalized spacial score (nSPS) is 19.2. The molecule has 0 aliphatic carbocycles. The first-order chi connectivity index (χ1) is 13.0. The summed E-state index contributed by atoms with van der Waals surface area (Å²) in [6.07, 6.45) is 11.8. The minimum atomic E-state index is -3.11. The lowest BCUT2D eigenvalue weighted by atomic mass is 9.95. The molecule has 0 aromatic carbocycles. The van der Waals surface area contributed by atoms with Gasteiger partial charge in [-0.15, -0.1) is 0 Å². The van der Waals surface area contributed by atoms with Gasteiger partial charge in [0.2, 0.25) is 15.8 Å². The standard InChI is InChI=1S/C18H22N6O2S/c1-27(25,26)23-7-2-4-14(5-9-23)10-15-11-16(22-13-21-15)17-12-20-18-19-6-3-8-24(17)18/h3,6,8,11-14H,2,4-5,7,9-10H2,1H3. The van der Waals surface area contributed by atoms with Gasteiger partial charge in [-0.25, -0.2) is 32.7 Å². The maximum atomic E-state index is 11.8. The second kappa shape index (κ2) is 7.32. The highest BCUT2D eigenvalue weighted by Crippen LogP contribution is 2.24. The van der Waals surface area contributed by atoms with Crippen molar-refractivity contribution in [3.05, 3.63) is 42.7 Å². The van der Waals surface area contributed by atoms with Crippen molar-refractivity contribution in [3.63, 3.8) is 0 Å². The summed E-state index contributed by atoms with van der Waals surface area (Å²) in [5, 5.41) is 0. The fourth-order valence-electron chi connectivity index (χ4n) is 3.64. The lowest BCUT2D eigenvalue weighted by molar-refractivity contribution is 0.412. The number of nitrogens with zero attached hydrogens (tertiary/aromatic N) is 6. The van der Waals surface area contributed by atoms with Gasteiger partial charge in [0.25, 0.3) is 0 Å². The van der Waals surface area contributed by atoms with Crippen molar-refractivity contribution < 1.29 is 8.42 Å². The maximum absolute atomic E-state index is 11.8. The van der Waals surface area contributed by atoms with Crippen LogP contribution < -0.4 is 0 Å². The van der Waals surface area contributed by atoms with Gasteiger partial charge in [-0.2, -0.15) is 0 Å². The Morgan fingerprint density at radius 3 is 2.89 bits per heavy atom. The Balaban J connectivity index is 1.52. The average Bonchev–Trinajstić information content (AvgIpc) is 2.93. The van der Waals surface area contributed by atoms with Crippen molar-refractivity contribution in [2.75, 3.05) is 19.3 Å². The lowest BCUT2D eigenvalue weighted by Crippen LogP contribution is -2.30. The number of hydrogen-bond donors (Lipinski definition) is 0. The minimum Gasteiger partial charge on any atom is -0.282 e. The number of rotatable bonds is 4. The van der Waals surface area contributed by atoms with Gasteiger partial charge in [0.1, 0.15) is 6.33 Å². The van der Waals surface area contributed by atoms with Crippen LogP contribution in [0.15, 0.2) is 37.1 Å². The van der Waals surface area contributed by atoms with E-state index in [0.29, 0.717) is 24.8 Å². The molecule has 4 rings (SSSR count). The molecule has 0 saturated carbocycles. The van der Waals surface area contributed by atoms with Crippen LogP contribution in [0.2, 0.25) is 0 Å². The van der Waals surface area contributed by atoms with Crippen LogP contribution in [0.1, 0.15) is 25.0 Å². The fourth-order valence-corrected chi connectivity index (χ4v) is 4.53. The molecular weight excluding hydrogens is 364 g/mol. The highest BCUT2D eigenvalue weighted by molar-refractivity contribution is 7.88. The molecule has 3 aromatic rings. The molecule has 1 fully saturated rings. The maximum Gasteiger partial charge on any atom is 0.234 e. The molecule has 1 aliphatic rings. The molecule has 142 valence electrons. The Bertz CT molecular complexity index is 1050. The van der Waals surface area contributed by atoms with E-state index in [4.69, 9.17) is 0 Å². The summed E-state index contributed by atoms with van der Waals surface area (Å²) in [4.78, 5) is 17.4. The number of hydrogen-bond acceptors (Lipinski definition) is 6. The molecule has 1 saturated heterocycles. The van der Waals surface area contributed by atoms with Crippen LogP contribution in [0.3, 0.4) is 0 Å². The molecular formula is C18H22N6O2S. The summed E-state index contributed by atoms with van der Waals surface area (Å²) >= 11 is 0. The third-order valence-electron chi connectivity index (χ3n) is 5.05. The van der Waals surface area contributed by atoms with E-state index < -0.39 is 10.0 Å². The zero-order valence-electron chi connectivity index (χ0n) is 15.2. The molecule has 1 unspecified atom stereocenters. The molecule has 1 atom stereocenters. The summed E-state index contributed by atoms with van der Waals surface area (Å²) in [7, 11) is -3.11. The van der Waals surface area contributed by atoms with Gasteiger partial charge in [0.15, 0.2) is 0 Å². The Kier molecular flexibility index (Phi) is 4.88. The molecule has 4 heterocycles. The van der Waals surface area contributed by atoms with E-state index in [2.05, 4.69) is 19.9 Å². The Morgan fingerprint density at radius 2 is 2.04 bits per heavy atom. The summed E-state index contributed by atoms with van der Waals surface area (Å²) in [5.41, 5.74) is 2.66. The van der Waals surface area contributed by atoms with Crippen molar-refractivity contribution in [2.24, 2.45) is 5.92 Å². The average molecular weight is 386 g/mol. The quantitative estimate of drug-likeness (QED) is 0.679. The molecule has 8 nitrogen and oxygen atoms in total. The SMILES string of the molecule is CS(=O)(=O)N1CCCC(Cc2cc(-c3cnc4ncccn34)ncn2)CC1. The van der Waals surface area contributed by atoms with Gasteiger partial charge >= 0.3 is 0 Å². The van der Waals surface area contributed by atoms with Crippen LogP contribution in [-0.4, -0.2) is 56.4 Å². The smallest absolute Gasteiger partial charge is 0.234 e. The van der Waals surface area contributed by atoms with Crippen LogP contribution in [0.5, 0.6) is 0 Å². The second-order valence-electron chi connectivity index (χ2n) is 6.99. The zero-order chi connectivity index (χ0) is 18.9. The van der Waals surface area contributed by atoms with E-state index in [1.54, 1.807) is 23.0 Å². The van der Waals surface area contributed by atoms with E-state index in [1.165, 1.54) is 6.26 Å². The molecule has 0 radical (unpaired) electrons. The van der Waals surface area contributed by atoms with E-state index in [9.17, 15) is 8.42 Å². The summed E-state index contributed by atoms with van der Waals surface area (Å²) < 4.78 is 27.1. The number of imidazole rings is 1. The molecule has 27 heavy (non-hydrogen) atoms. The molecule has 0 bridgehead atoms. The predicted octanol–water partition coefficient (Wildman–Crippen LogP) is 1.79. The largest absolute Gasteiger partial charge is 0.282 e. The van der Waals surface area contributed by atoms with Gasteiger partial charge in [0.05, 0.1) is 23.8 Å². The number of sulfonamides is 1. The second-order valence-corrected chi connectivity index (χ2v) is 8.97. The van der Waals surface area contributed by atoms with Crippen molar-refractivity contribution in [1.82, 2.24) is 28.6 Å². The summed E-state index contributed by atoms with van der Waals surface area (Å²) in [6.45, 7) is 1.19. The van der Waals surface area contributed by atoms with E-state index in [1.807, 2.05) is 22.7 Å². The van der Waals surface area contributed by atoms with Gasteiger partial charge in [-0.1, -0.05) is 0 Å². The summed E-state index contributed by atoms with van der Waals surface area (Å²) in [5.74, 6) is 1.06. The third-order valence-corrected chi connectivity index (χ3v) is 6.35. The highest BCUT2D eigenvalue weighted by atomic mass is 32.2. The first-order valence-electron chi connectivity index (χ1n) is 9.05. The molecule has 0 spiro atoms. The van der Waals surface area contributed by atoms with Crippen LogP contribution in [0.25, 0.3) is 17.2 Å². The minimum absolute atomic E-state index is 0.420. The molecule has 0 N–H and O–H groups in total. The molecule has 0 amide bonds. The zero-order valence-corrected chi connectivity index (χ0v) is 16.0.